The second-order valence-corrected chi connectivity index (χ2v) is 19.5. The van der Waals surface area contributed by atoms with Gasteiger partial charge in [0.15, 0.2) is 9.79 Å². The molecule has 3 atom stereocenters. The Bertz CT molecular complexity index is 2220. The Kier molecular flexibility index (Phi) is 15.6. The van der Waals surface area contributed by atoms with Crippen LogP contribution in [-0.2, 0) is 31.0 Å². The Labute approximate surface area is 329 Å². The topological polar surface area (TPSA) is 234 Å². The number of nitrogens with two attached hydrogens (primary N) is 1. The van der Waals surface area contributed by atoms with Crippen LogP contribution in [-0.4, -0.2) is 48.7 Å². The molecule has 0 aliphatic carbocycles. The maximum absolute atomic E-state index is 13.9. The Morgan fingerprint density at radius 3 is 1.57 bits per heavy atom. The Hall–Kier alpha value is -3.61. The van der Waals surface area contributed by atoms with E-state index in [9.17, 15) is 50.1 Å². The fourth-order valence-electron chi connectivity index (χ4n) is 4.44. The van der Waals surface area contributed by atoms with E-state index in [1.165, 1.54) is 48.5 Å². The van der Waals surface area contributed by atoms with E-state index in [1.54, 1.807) is 32.9 Å². The van der Waals surface area contributed by atoms with Gasteiger partial charge in [0.2, 0.25) is 20.0 Å². The number of hydrogen-bond acceptors (Lipinski definition) is 10. The van der Waals surface area contributed by atoms with Crippen LogP contribution in [0, 0.1) is 31.9 Å². The van der Waals surface area contributed by atoms with Crippen LogP contribution in [0.5, 0.6) is 0 Å². The lowest BCUT2D eigenvalue weighted by molar-refractivity contribution is -0.388. The molecule has 15 nitrogen and oxygen atoms in total. The van der Waals surface area contributed by atoms with Crippen LogP contribution < -0.4 is 19.9 Å². The highest BCUT2D eigenvalue weighted by atomic mass is 79.9. The molecule has 54 heavy (non-hydrogen) atoms. The van der Waals surface area contributed by atoms with Gasteiger partial charge in [-0.05, 0) is 80.4 Å². The molecule has 0 aliphatic heterocycles. The summed E-state index contributed by atoms with van der Waals surface area (Å²) in [6, 6.07) is 16.2. The van der Waals surface area contributed by atoms with Crippen LogP contribution in [0.25, 0.3) is 0 Å². The maximum Gasteiger partial charge on any atom is 0.289 e. The van der Waals surface area contributed by atoms with Crippen LogP contribution in [0.3, 0.4) is 0 Å². The maximum atomic E-state index is 13.9. The quantitative estimate of drug-likeness (QED) is 0.0845. The van der Waals surface area contributed by atoms with Crippen molar-refractivity contribution in [2.45, 2.75) is 47.4 Å². The number of para-hydroxylation sites is 2. The number of nitro groups is 2. The molecule has 4 rings (SSSR count). The Morgan fingerprint density at radius 1 is 0.741 bits per heavy atom. The molecule has 22 heteroatoms. The molecule has 0 bridgehead atoms. The first kappa shape index (κ1) is 44.8. The summed E-state index contributed by atoms with van der Waals surface area (Å²) < 4.78 is 97.4. The molecule has 0 amide bonds. The summed E-state index contributed by atoms with van der Waals surface area (Å²) in [7, 11) is -10.00. The molecule has 0 fully saturated rings. The van der Waals surface area contributed by atoms with E-state index in [0.29, 0.717) is 20.1 Å². The predicted molar refractivity (Wildman–Crippen MR) is 205 cm³/mol. The molecule has 0 spiro atoms. The molecule has 4 aromatic carbocycles. The molecular formula is C32H34Br2F2N6O9S3. The molecule has 4 aromatic rings. The van der Waals surface area contributed by atoms with E-state index in [1.807, 2.05) is 0 Å². The van der Waals surface area contributed by atoms with Gasteiger partial charge in [0, 0.05) is 40.2 Å². The lowest BCUT2D eigenvalue weighted by Crippen LogP contribution is -2.41. The normalized spacial score (nSPS) is 13.6. The van der Waals surface area contributed by atoms with Crippen LogP contribution in [0.2, 0.25) is 0 Å². The molecule has 0 aromatic heterocycles. The standard InChI is InChI=1S/C18H21BrFN3O5S2.C14H13BrFN3O4S/c1-18(2,3)29(26)22-15(12-8-13(19)10-14(20)9-12)11-21-30(27,28)17-7-5-4-6-16(17)23(24)25;15-10-5-9(6-11(16)7-10)12(17)8-18-24(22,23)14-4-2-1-3-13(14)19(20)21/h4-10,15,21-22H,11H2,1-3H3;1-7,12,18H,8,17H2/t15-,29-;12-/m11/s1. The number of nitrogens with one attached hydrogen (secondary N) is 3. The summed E-state index contributed by atoms with van der Waals surface area (Å²) >= 11 is 6.31. The minimum Gasteiger partial charge on any atom is -0.323 e. The van der Waals surface area contributed by atoms with Gasteiger partial charge in [-0.25, -0.2) is 44.0 Å². The summed E-state index contributed by atoms with van der Waals surface area (Å²) in [6.07, 6.45) is 0. The number of nitrogens with zero attached hydrogens (tertiary/aromatic N) is 2. The smallest absolute Gasteiger partial charge is 0.289 e. The SMILES string of the molecule is CC(C)(C)[S@@](=O)N[C@H](CNS(=O)(=O)c1ccccc1[N+](=O)[O-])c1cc(F)cc(Br)c1.N[C@H](CNS(=O)(=O)c1ccccc1[N+](=O)[O-])c1cc(F)cc(Br)c1. The Morgan fingerprint density at radius 2 is 1.15 bits per heavy atom. The summed E-state index contributed by atoms with van der Waals surface area (Å²) in [6.45, 7) is 4.63. The predicted octanol–water partition coefficient (Wildman–Crippen LogP) is 6.04. The minimum absolute atomic E-state index is 0.246. The van der Waals surface area contributed by atoms with Gasteiger partial charge >= 0.3 is 0 Å². The number of rotatable bonds is 14. The third-order valence-electron chi connectivity index (χ3n) is 7.08. The van der Waals surface area contributed by atoms with Gasteiger partial charge in [-0.3, -0.25) is 20.2 Å². The van der Waals surface area contributed by atoms with Gasteiger partial charge in [-0.1, -0.05) is 56.1 Å². The molecule has 0 aliphatic rings. The van der Waals surface area contributed by atoms with Crippen molar-refractivity contribution >= 4 is 74.3 Å². The van der Waals surface area contributed by atoms with Crippen LogP contribution in [0.4, 0.5) is 20.2 Å². The minimum atomic E-state index is -4.27. The molecule has 5 N–H and O–H groups in total. The number of sulfonamides is 2. The summed E-state index contributed by atoms with van der Waals surface area (Å²) in [5.74, 6) is -1.08. The van der Waals surface area contributed by atoms with Crippen molar-refractivity contribution in [1.82, 2.24) is 14.2 Å². The third kappa shape index (κ3) is 12.7. The highest BCUT2D eigenvalue weighted by molar-refractivity contribution is 9.10. The van der Waals surface area contributed by atoms with Gasteiger partial charge in [-0.15, -0.1) is 0 Å². The van der Waals surface area contributed by atoms with Gasteiger partial charge in [0.25, 0.3) is 11.4 Å². The zero-order valence-corrected chi connectivity index (χ0v) is 34.2. The molecule has 292 valence electrons. The van der Waals surface area contributed by atoms with Crippen molar-refractivity contribution < 1.29 is 39.7 Å². The number of hydrogen-bond donors (Lipinski definition) is 4. The van der Waals surface area contributed by atoms with Crippen LogP contribution in [0.1, 0.15) is 44.0 Å². The van der Waals surface area contributed by atoms with Crippen molar-refractivity contribution in [2.75, 3.05) is 13.1 Å². The van der Waals surface area contributed by atoms with Gasteiger partial charge in [-0.2, -0.15) is 0 Å². The van der Waals surface area contributed by atoms with E-state index in [-0.39, 0.29) is 13.1 Å². The highest BCUT2D eigenvalue weighted by Crippen LogP contribution is 2.27. The van der Waals surface area contributed by atoms with Crippen LogP contribution >= 0.6 is 31.9 Å². The van der Waals surface area contributed by atoms with Crippen molar-refractivity contribution in [3.05, 3.63) is 137 Å². The highest BCUT2D eigenvalue weighted by Gasteiger charge is 2.29. The molecular weight excluding hydrogens is 906 g/mol. The van der Waals surface area contributed by atoms with Crippen LogP contribution in [0.15, 0.2) is 104 Å². The number of halogens is 4. The van der Waals surface area contributed by atoms with Crippen molar-refractivity contribution in [3.63, 3.8) is 0 Å². The zero-order valence-electron chi connectivity index (χ0n) is 28.5. The average molecular weight is 941 g/mol. The number of benzene rings is 4. The zero-order chi connectivity index (χ0) is 40.6. The third-order valence-corrected chi connectivity index (χ3v) is 12.5. The van der Waals surface area contributed by atoms with E-state index in [0.717, 1.165) is 24.3 Å². The molecule has 0 heterocycles. The average Bonchev–Trinajstić information content (AvgIpc) is 3.08. The van der Waals surface area contributed by atoms with E-state index >= 15 is 0 Å². The van der Waals surface area contributed by atoms with Crippen molar-refractivity contribution in [1.29, 1.82) is 0 Å². The first-order valence-corrected chi connectivity index (χ1v) is 21.0. The first-order valence-electron chi connectivity index (χ1n) is 15.3. The lowest BCUT2D eigenvalue weighted by Gasteiger charge is -2.25. The first-order chi connectivity index (χ1) is 25.0. The fraction of sp³-hybridized carbons (Fsp3) is 0.250. The molecule has 0 saturated heterocycles. The second-order valence-electron chi connectivity index (χ2n) is 12.2. The second kappa shape index (κ2) is 18.8. The largest absolute Gasteiger partial charge is 0.323 e. The summed E-state index contributed by atoms with van der Waals surface area (Å²) in [5, 5.41) is 22.1. The Balaban J connectivity index is 0.000000297. The summed E-state index contributed by atoms with van der Waals surface area (Å²) in [5.41, 5.74) is 5.50. The number of nitro benzene ring substituents is 2. The molecule has 0 unspecified atom stereocenters. The van der Waals surface area contributed by atoms with Gasteiger partial charge in [0.05, 0.1) is 31.6 Å². The van der Waals surface area contributed by atoms with Gasteiger partial charge < -0.3 is 5.73 Å². The van der Waals surface area contributed by atoms with E-state index in [4.69, 9.17) is 5.73 Å². The molecule has 0 radical (unpaired) electrons. The van der Waals surface area contributed by atoms with E-state index in [2.05, 4.69) is 46.0 Å². The van der Waals surface area contributed by atoms with Gasteiger partial charge in [0.1, 0.15) is 11.6 Å². The van der Waals surface area contributed by atoms with Crippen molar-refractivity contribution in [3.8, 4) is 0 Å². The molecule has 0 saturated carbocycles. The van der Waals surface area contributed by atoms with Crippen molar-refractivity contribution in [2.24, 2.45) is 5.73 Å². The summed E-state index contributed by atoms with van der Waals surface area (Å²) in [4.78, 5) is 19.6. The fourth-order valence-corrected chi connectivity index (χ4v) is 8.68. The lowest BCUT2D eigenvalue weighted by atomic mass is 10.1. The monoisotopic (exact) mass is 938 g/mol. The van der Waals surface area contributed by atoms with E-state index < -0.39 is 90.5 Å².